The maximum atomic E-state index is 13.3. The molecule has 0 spiro atoms. The number of aromatic nitrogens is 1. The number of imide groups is 1. The standard InChI is InChI=1S/C24H21N3O3/c1-2-30-20-10-6-9-19(15-20)26-22-21(18-7-4-3-5-8-18)23(28)27(24(22)29)16-17-11-13-25-14-12-17/h3-15,26H,2,16H2,1H3. The third-order valence-corrected chi connectivity index (χ3v) is 4.73. The van der Waals surface area contributed by atoms with Crippen molar-refractivity contribution in [2.24, 2.45) is 0 Å². The van der Waals surface area contributed by atoms with Gasteiger partial charge in [0.25, 0.3) is 11.8 Å². The highest BCUT2D eigenvalue weighted by Crippen LogP contribution is 2.32. The van der Waals surface area contributed by atoms with Crippen LogP contribution in [0.1, 0.15) is 18.1 Å². The largest absolute Gasteiger partial charge is 0.494 e. The summed E-state index contributed by atoms with van der Waals surface area (Å²) in [6.45, 7) is 2.63. The number of nitrogens with zero attached hydrogens (tertiary/aromatic N) is 2. The van der Waals surface area contributed by atoms with E-state index in [0.29, 0.717) is 29.2 Å². The van der Waals surface area contributed by atoms with Gasteiger partial charge in [0.05, 0.1) is 18.7 Å². The molecule has 2 amide bonds. The third kappa shape index (κ3) is 3.93. The van der Waals surface area contributed by atoms with Crippen molar-refractivity contribution in [2.75, 3.05) is 11.9 Å². The summed E-state index contributed by atoms with van der Waals surface area (Å²) in [7, 11) is 0. The Morgan fingerprint density at radius 3 is 2.43 bits per heavy atom. The highest BCUT2D eigenvalue weighted by atomic mass is 16.5. The molecule has 6 heteroatoms. The van der Waals surface area contributed by atoms with Crippen molar-refractivity contribution in [3.8, 4) is 5.75 Å². The number of pyridine rings is 1. The predicted octanol–water partition coefficient (Wildman–Crippen LogP) is 3.87. The number of hydrogen-bond donors (Lipinski definition) is 1. The van der Waals surface area contributed by atoms with Crippen LogP contribution in [0, 0.1) is 0 Å². The van der Waals surface area contributed by atoms with Gasteiger partial charge in [0.1, 0.15) is 11.4 Å². The molecular formula is C24H21N3O3. The lowest BCUT2D eigenvalue weighted by molar-refractivity contribution is -0.137. The van der Waals surface area contributed by atoms with Gasteiger partial charge in [-0.1, -0.05) is 36.4 Å². The lowest BCUT2D eigenvalue weighted by Gasteiger charge is -2.15. The fraction of sp³-hybridized carbons (Fsp3) is 0.125. The van der Waals surface area contributed by atoms with Gasteiger partial charge in [-0.15, -0.1) is 0 Å². The van der Waals surface area contributed by atoms with Crippen LogP contribution >= 0.6 is 0 Å². The van der Waals surface area contributed by atoms with E-state index in [2.05, 4.69) is 10.3 Å². The lowest BCUT2D eigenvalue weighted by Crippen LogP contribution is -2.32. The molecule has 0 bridgehead atoms. The third-order valence-electron chi connectivity index (χ3n) is 4.73. The van der Waals surface area contributed by atoms with Gasteiger partial charge in [-0.2, -0.15) is 0 Å². The second-order valence-electron chi connectivity index (χ2n) is 6.75. The summed E-state index contributed by atoms with van der Waals surface area (Å²) in [4.78, 5) is 31.8. The smallest absolute Gasteiger partial charge is 0.278 e. The first-order valence-electron chi connectivity index (χ1n) is 9.72. The van der Waals surface area contributed by atoms with Gasteiger partial charge < -0.3 is 10.1 Å². The SMILES string of the molecule is CCOc1cccc(NC2=C(c3ccccc3)C(=O)N(Cc3ccncc3)C2=O)c1. The minimum Gasteiger partial charge on any atom is -0.494 e. The van der Waals surface area contributed by atoms with Crippen LogP contribution in [0.2, 0.25) is 0 Å². The van der Waals surface area contributed by atoms with Crippen LogP contribution in [0.15, 0.2) is 84.8 Å². The molecule has 2 heterocycles. The minimum atomic E-state index is -0.363. The molecular weight excluding hydrogens is 378 g/mol. The first kappa shape index (κ1) is 19.4. The highest BCUT2D eigenvalue weighted by molar-refractivity contribution is 6.36. The molecule has 0 radical (unpaired) electrons. The average Bonchev–Trinajstić information content (AvgIpc) is 3.00. The summed E-state index contributed by atoms with van der Waals surface area (Å²) in [6.07, 6.45) is 3.29. The lowest BCUT2D eigenvalue weighted by atomic mass is 10.0. The number of ether oxygens (including phenoxy) is 1. The quantitative estimate of drug-likeness (QED) is 0.611. The number of rotatable bonds is 7. The number of amides is 2. The molecule has 1 aliphatic heterocycles. The molecule has 1 aliphatic rings. The molecule has 150 valence electrons. The Hall–Kier alpha value is -3.93. The van der Waals surface area contributed by atoms with Crippen LogP contribution < -0.4 is 10.1 Å². The summed E-state index contributed by atoms with van der Waals surface area (Å²) >= 11 is 0. The van der Waals surface area contributed by atoms with Gasteiger partial charge in [-0.05, 0) is 42.3 Å². The Bertz CT molecular complexity index is 1090. The van der Waals surface area contributed by atoms with Crippen molar-refractivity contribution in [3.05, 3.63) is 95.9 Å². The monoisotopic (exact) mass is 399 g/mol. The van der Waals surface area contributed by atoms with Gasteiger partial charge in [0, 0.05) is 24.1 Å². The van der Waals surface area contributed by atoms with Crippen molar-refractivity contribution in [2.45, 2.75) is 13.5 Å². The van der Waals surface area contributed by atoms with E-state index in [0.717, 1.165) is 5.56 Å². The average molecular weight is 399 g/mol. The topological polar surface area (TPSA) is 71.5 Å². The zero-order valence-corrected chi connectivity index (χ0v) is 16.5. The van der Waals surface area contributed by atoms with Crippen molar-refractivity contribution >= 4 is 23.1 Å². The zero-order chi connectivity index (χ0) is 20.9. The summed E-state index contributed by atoms with van der Waals surface area (Å²) in [5, 5.41) is 3.16. The Morgan fingerprint density at radius 1 is 0.933 bits per heavy atom. The van der Waals surface area contributed by atoms with Crippen molar-refractivity contribution < 1.29 is 14.3 Å². The first-order valence-corrected chi connectivity index (χ1v) is 9.72. The van der Waals surface area contributed by atoms with Crippen LogP contribution in [0.5, 0.6) is 5.75 Å². The number of anilines is 1. The Labute approximate surface area is 174 Å². The van der Waals surface area contributed by atoms with Gasteiger partial charge in [-0.3, -0.25) is 19.5 Å². The molecule has 0 fully saturated rings. The summed E-state index contributed by atoms with van der Waals surface area (Å²) < 4.78 is 5.55. The van der Waals surface area contributed by atoms with E-state index in [4.69, 9.17) is 4.74 Å². The number of nitrogens with one attached hydrogen (secondary N) is 1. The Balaban J connectivity index is 1.71. The van der Waals surface area contributed by atoms with Gasteiger partial charge in [0.15, 0.2) is 0 Å². The molecule has 1 N–H and O–H groups in total. The Kier molecular flexibility index (Phi) is 5.57. The zero-order valence-electron chi connectivity index (χ0n) is 16.5. The maximum absolute atomic E-state index is 13.3. The molecule has 0 saturated heterocycles. The van der Waals surface area contributed by atoms with Gasteiger partial charge in [0.2, 0.25) is 0 Å². The fourth-order valence-electron chi connectivity index (χ4n) is 3.35. The molecule has 1 aromatic heterocycles. The molecule has 0 saturated carbocycles. The summed E-state index contributed by atoms with van der Waals surface area (Å²) in [5.41, 5.74) is 2.82. The van der Waals surface area contributed by atoms with Gasteiger partial charge >= 0.3 is 0 Å². The first-order chi connectivity index (χ1) is 14.7. The van der Waals surface area contributed by atoms with E-state index in [1.807, 2.05) is 61.5 Å². The summed E-state index contributed by atoms with van der Waals surface area (Å²) in [6, 6.07) is 20.1. The molecule has 0 unspecified atom stereocenters. The van der Waals surface area contributed by atoms with Crippen LogP contribution in [0.25, 0.3) is 5.57 Å². The van der Waals surface area contributed by atoms with Crippen molar-refractivity contribution in [1.29, 1.82) is 0 Å². The van der Waals surface area contributed by atoms with Crippen molar-refractivity contribution in [1.82, 2.24) is 9.88 Å². The second kappa shape index (κ2) is 8.61. The molecule has 2 aromatic carbocycles. The van der Waals surface area contributed by atoms with E-state index in [1.54, 1.807) is 24.5 Å². The fourth-order valence-corrected chi connectivity index (χ4v) is 3.35. The number of hydrogen-bond acceptors (Lipinski definition) is 5. The second-order valence-corrected chi connectivity index (χ2v) is 6.75. The van der Waals surface area contributed by atoms with Crippen LogP contribution in [-0.4, -0.2) is 28.3 Å². The van der Waals surface area contributed by atoms with E-state index in [9.17, 15) is 9.59 Å². The molecule has 4 rings (SSSR count). The van der Waals surface area contributed by atoms with Crippen LogP contribution in [0.3, 0.4) is 0 Å². The van der Waals surface area contributed by atoms with E-state index in [1.165, 1.54) is 4.90 Å². The predicted molar refractivity (Wildman–Crippen MR) is 114 cm³/mol. The number of carbonyl (C=O) groups excluding carboxylic acids is 2. The molecule has 3 aromatic rings. The number of carbonyl (C=O) groups is 2. The minimum absolute atomic E-state index is 0.181. The maximum Gasteiger partial charge on any atom is 0.278 e. The normalized spacial score (nSPS) is 13.7. The number of benzene rings is 2. The highest BCUT2D eigenvalue weighted by Gasteiger charge is 2.39. The molecule has 0 atom stereocenters. The van der Waals surface area contributed by atoms with E-state index < -0.39 is 0 Å². The van der Waals surface area contributed by atoms with Crippen LogP contribution in [0.4, 0.5) is 5.69 Å². The molecule has 0 aliphatic carbocycles. The van der Waals surface area contributed by atoms with E-state index >= 15 is 0 Å². The van der Waals surface area contributed by atoms with E-state index in [-0.39, 0.29) is 24.1 Å². The van der Waals surface area contributed by atoms with Crippen molar-refractivity contribution in [3.63, 3.8) is 0 Å². The molecule has 6 nitrogen and oxygen atoms in total. The van der Waals surface area contributed by atoms with Crippen LogP contribution in [-0.2, 0) is 16.1 Å². The van der Waals surface area contributed by atoms with Gasteiger partial charge in [-0.25, -0.2) is 0 Å². The summed E-state index contributed by atoms with van der Waals surface area (Å²) in [5.74, 6) is -0.00118. The Morgan fingerprint density at radius 2 is 1.70 bits per heavy atom. The molecule has 30 heavy (non-hydrogen) atoms.